The van der Waals surface area contributed by atoms with Crippen molar-refractivity contribution in [3.63, 3.8) is 0 Å². The van der Waals surface area contributed by atoms with E-state index in [1.54, 1.807) is 24.3 Å². The van der Waals surface area contributed by atoms with Gasteiger partial charge in [0.2, 0.25) is 5.75 Å². The molecule has 0 atom stereocenters. The van der Waals surface area contributed by atoms with Crippen LogP contribution in [0.15, 0.2) is 77.0 Å². The molecule has 4 aromatic rings. The summed E-state index contributed by atoms with van der Waals surface area (Å²) in [5.74, 6) is 1.88. The topological polar surface area (TPSA) is 99.9 Å². The molecule has 0 fully saturated rings. The highest BCUT2D eigenvalue weighted by Crippen LogP contribution is 2.37. The largest absolute Gasteiger partial charge is 0.493 e. The first kappa shape index (κ1) is 26.1. The summed E-state index contributed by atoms with van der Waals surface area (Å²) in [6.45, 7) is 0. The van der Waals surface area contributed by atoms with Crippen molar-refractivity contribution in [1.82, 2.24) is 20.2 Å². The minimum Gasteiger partial charge on any atom is -0.493 e. The number of nitrogens with one attached hydrogen (secondary N) is 1. The summed E-state index contributed by atoms with van der Waals surface area (Å²) in [7, 11) is 4.59. The molecule has 3 aromatic carbocycles. The molecule has 0 unspecified atom stereocenters. The van der Waals surface area contributed by atoms with E-state index >= 15 is 0 Å². The molecule has 37 heavy (non-hydrogen) atoms. The molecule has 0 aliphatic heterocycles. The molecule has 0 radical (unpaired) electrons. The van der Waals surface area contributed by atoms with Gasteiger partial charge in [0.05, 0.1) is 33.3 Å². The second-order valence-corrected chi connectivity index (χ2v) is 8.90. The standard InChI is InChI=1S/C26H24ClN5O4S/c1-34-21-13-17(14-22(35-2)24(21)36-3)15-28-29-23(33)16-37-26-31-30-25(18-9-11-19(27)12-10-18)32(26)20-7-5-4-6-8-20/h4-15H,16H2,1-3H3,(H,29,33)/b28-15-. The average molecular weight is 538 g/mol. The molecule has 1 N–H and O–H groups in total. The third-order valence-electron chi connectivity index (χ3n) is 5.17. The predicted octanol–water partition coefficient (Wildman–Crippen LogP) is 4.86. The van der Waals surface area contributed by atoms with Gasteiger partial charge in [-0.1, -0.05) is 41.6 Å². The van der Waals surface area contributed by atoms with E-state index in [1.165, 1.54) is 39.3 Å². The number of carbonyl (C=O) groups excluding carboxylic acids is 1. The summed E-state index contributed by atoms with van der Waals surface area (Å²) in [5, 5.41) is 14.0. The van der Waals surface area contributed by atoms with Crippen molar-refractivity contribution in [2.75, 3.05) is 27.1 Å². The van der Waals surface area contributed by atoms with Crippen LogP contribution >= 0.6 is 23.4 Å². The van der Waals surface area contributed by atoms with Gasteiger partial charge in [0, 0.05) is 21.8 Å². The molecule has 1 amide bonds. The highest BCUT2D eigenvalue weighted by molar-refractivity contribution is 7.99. The lowest BCUT2D eigenvalue weighted by molar-refractivity contribution is -0.118. The van der Waals surface area contributed by atoms with E-state index in [4.69, 9.17) is 25.8 Å². The first-order valence-corrected chi connectivity index (χ1v) is 12.4. The fourth-order valence-electron chi connectivity index (χ4n) is 3.48. The Bertz CT molecular complexity index is 1370. The van der Waals surface area contributed by atoms with Crippen LogP contribution in [0, 0.1) is 0 Å². The van der Waals surface area contributed by atoms with Crippen LogP contribution in [-0.2, 0) is 4.79 Å². The highest BCUT2D eigenvalue weighted by Gasteiger charge is 2.17. The van der Waals surface area contributed by atoms with Crippen molar-refractivity contribution in [2.45, 2.75) is 5.16 Å². The normalized spacial score (nSPS) is 10.9. The number of methoxy groups -OCH3 is 3. The van der Waals surface area contributed by atoms with Crippen molar-refractivity contribution < 1.29 is 19.0 Å². The Kier molecular flexibility index (Phi) is 8.65. The van der Waals surface area contributed by atoms with E-state index in [0.717, 1.165) is 11.3 Å². The lowest BCUT2D eigenvalue weighted by atomic mass is 10.2. The Labute approximate surface area is 223 Å². The molecule has 0 aliphatic rings. The monoisotopic (exact) mass is 537 g/mol. The summed E-state index contributed by atoms with van der Waals surface area (Å²) < 4.78 is 17.9. The molecule has 0 saturated heterocycles. The Balaban J connectivity index is 1.47. The van der Waals surface area contributed by atoms with Gasteiger partial charge in [-0.2, -0.15) is 5.10 Å². The van der Waals surface area contributed by atoms with Gasteiger partial charge in [-0.3, -0.25) is 9.36 Å². The average Bonchev–Trinajstić information content (AvgIpc) is 3.36. The molecular formula is C26H24ClN5O4S. The summed E-state index contributed by atoms with van der Waals surface area (Å²) in [6, 6.07) is 20.5. The molecule has 11 heteroatoms. The van der Waals surface area contributed by atoms with Crippen LogP contribution in [0.4, 0.5) is 0 Å². The molecule has 9 nitrogen and oxygen atoms in total. The number of hydrazone groups is 1. The summed E-state index contributed by atoms with van der Waals surface area (Å²) in [6.07, 6.45) is 1.50. The number of benzene rings is 3. The lowest BCUT2D eigenvalue weighted by Gasteiger charge is -2.12. The van der Waals surface area contributed by atoms with Gasteiger partial charge in [-0.05, 0) is 48.5 Å². The highest BCUT2D eigenvalue weighted by atomic mass is 35.5. The summed E-state index contributed by atoms with van der Waals surface area (Å²) >= 11 is 7.30. The molecular weight excluding hydrogens is 514 g/mol. The lowest BCUT2D eigenvalue weighted by Crippen LogP contribution is -2.20. The van der Waals surface area contributed by atoms with E-state index in [1.807, 2.05) is 47.0 Å². The second kappa shape index (κ2) is 12.3. The van der Waals surface area contributed by atoms with Crippen LogP contribution in [0.5, 0.6) is 17.2 Å². The molecule has 190 valence electrons. The number of hydrogen-bond donors (Lipinski definition) is 1. The number of thioether (sulfide) groups is 1. The van der Waals surface area contributed by atoms with Gasteiger partial charge in [-0.25, -0.2) is 5.43 Å². The molecule has 0 spiro atoms. The van der Waals surface area contributed by atoms with Gasteiger partial charge in [0.15, 0.2) is 22.5 Å². The number of para-hydroxylation sites is 1. The molecule has 1 aromatic heterocycles. The van der Waals surface area contributed by atoms with E-state index in [9.17, 15) is 4.79 Å². The fraction of sp³-hybridized carbons (Fsp3) is 0.154. The summed E-state index contributed by atoms with van der Waals surface area (Å²) in [4.78, 5) is 12.5. The molecule has 0 aliphatic carbocycles. The number of amides is 1. The van der Waals surface area contributed by atoms with Gasteiger partial charge in [0.25, 0.3) is 5.91 Å². The molecule has 0 saturated carbocycles. The Morgan fingerprint density at radius 1 is 1.00 bits per heavy atom. The van der Waals surface area contributed by atoms with E-state index < -0.39 is 0 Å². The maximum absolute atomic E-state index is 12.5. The maximum Gasteiger partial charge on any atom is 0.250 e. The summed E-state index contributed by atoms with van der Waals surface area (Å²) in [5.41, 5.74) is 4.93. The number of ether oxygens (including phenoxy) is 3. The molecule has 0 bridgehead atoms. The van der Waals surface area contributed by atoms with Crippen LogP contribution in [-0.4, -0.2) is 54.0 Å². The van der Waals surface area contributed by atoms with Gasteiger partial charge < -0.3 is 14.2 Å². The SMILES string of the molecule is COc1cc(/C=N\NC(=O)CSc2nnc(-c3ccc(Cl)cc3)n2-c2ccccc2)cc(OC)c1OC. The first-order chi connectivity index (χ1) is 18.0. The van der Waals surface area contributed by atoms with Crippen molar-refractivity contribution in [3.05, 3.63) is 77.3 Å². The second-order valence-electron chi connectivity index (χ2n) is 7.52. The first-order valence-electron chi connectivity index (χ1n) is 11.1. The zero-order chi connectivity index (χ0) is 26.2. The van der Waals surface area contributed by atoms with Crippen LogP contribution in [0.25, 0.3) is 17.1 Å². The smallest absolute Gasteiger partial charge is 0.250 e. The zero-order valence-corrected chi connectivity index (χ0v) is 21.9. The van der Waals surface area contributed by atoms with Gasteiger partial charge >= 0.3 is 0 Å². The number of rotatable bonds is 10. The van der Waals surface area contributed by atoms with E-state index in [-0.39, 0.29) is 11.7 Å². The molecule has 4 rings (SSSR count). The van der Waals surface area contributed by atoms with Gasteiger partial charge in [-0.15, -0.1) is 10.2 Å². The van der Waals surface area contributed by atoms with Crippen molar-refractivity contribution >= 4 is 35.5 Å². The Hall–Kier alpha value is -4.02. The van der Waals surface area contributed by atoms with Crippen LogP contribution in [0.2, 0.25) is 5.02 Å². The Morgan fingerprint density at radius 3 is 2.30 bits per heavy atom. The fourth-order valence-corrected chi connectivity index (χ4v) is 4.35. The van der Waals surface area contributed by atoms with E-state index in [0.29, 0.717) is 38.8 Å². The maximum atomic E-state index is 12.5. The number of carbonyl (C=O) groups is 1. The number of nitrogens with zero attached hydrogens (tertiary/aromatic N) is 4. The zero-order valence-electron chi connectivity index (χ0n) is 20.3. The van der Waals surface area contributed by atoms with Crippen molar-refractivity contribution in [1.29, 1.82) is 0 Å². The Morgan fingerprint density at radius 2 is 1.68 bits per heavy atom. The quantitative estimate of drug-likeness (QED) is 0.175. The number of hydrogen-bond acceptors (Lipinski definition) is 8. The van der Waals surface area contributed by atoms with Crippen LogP contribution in [0.1, 0.15) is 5.56 Å². The predicted molar refractivity (Wildman–Crippen MR) is 144 cm³/mol. The van der Waals surface area contributed by atoms with E-state index in [2.05, 4.69) is 20.7 Å². The minimum absolute atomic E-state index is 0.0815. The third-order valence-corrected chi connectivity index (χ3v) is 6.35. The minimum atomic E-state index is -0.302. The van der Waals surface area contributed by atoms with Crippen LogP contribution < -0.4 is 19.6 Å². The molecule has 1 heterocycles. The third kappa shape index (κ3) is 6.22. The van der Waals surface area contributed by atoms with Crippen LogP contribution in [0.3, 0.4) is 0 Å². The van der Waals surface area contributed by atoms with Crippen molar-refractivity contribution in [3.8, 4) is 34.3 Å². The number of aromatic nitrogens is 3. The van der Waals surface area contributed by atoms with Gasteiger partial charge in [0.1, 0.15) is 0 Å². The van der Waals surface area contributed by atoms with Crippen molar-refractivity contribution in [2.24, 2.45) is 5.10 Å². The number of halogens is 1.